The van der Waals surface area contributed by atoms with E-state index in [-0.39, 0.29) is 0 Å². The van der Waals surface area contributed by atoms with Crippen molar-refractivity contribution in [2.45, 2.75) is 51.9 Å². The minimum absolute atomic E-state index is 0.806. The first-order chi connectivity index (χ1) is 14.8. The highest BCUT2D eigenvalue weighted by atomic mass is 14.3. The third kappa shape index (κ3) is 2.97. The largest absolute Gasteiger partial charge is 0.0722 e. The van der Waals surface area contributed by atoms with Crippen molar-refractivity contribution in [1.29, 1.82) is 0 Å². The van der Waals surface area contributed by atoms with E-state index < -0.39 is 0 Å². The summed E-state index contributed by atoms with van der Waals surface area (Å²) >= 11 is 0. The average molecular weight is 391 g/mol. The molecule has 0 heteroatoms. The van der Waals surface area contributed by atoms with Crippen molar-refractivity contribution >= 4 is 11.6 Å². The molecule has 0 aliphatic heterocycles. The van der Waals surface area contributed by atoms with Gasteiger partial charge >= 0.3 is 0 Å². The fourth-order valence-electron chi connectivity index (χ4n) is 6.32. The van der Waals surface area contributed by atoms with E-state index in [1.807, 2.05) is 0 Å². The molecular weight excluding hydrogens is 360 g/mol. The zero-order valence-electron chi connectivity index (χ0n) is 18.0. The Labute approximate surface area is 179 Å². The second kappa shape index (κ2) is 7.27. The lowest BCUT2D eigenvalue weighted by molar-refractivity contribution is 0.337. The highest BCUT2D eigenvalue weighted by Crippen LogP contribution is 2.40. The van der Waals surface area contributed by atoms with Crippen LogP contribution < -0.4 is 10.4 Å². The van der Waals surface area contributed by atoms with Crippen molar-refractivity contribution in [2.24, 2.45) is 11.8 Å². The van der Waals surface area contributed by atoms with Crippen LogP contribution in [0.1, 0.15) is 54.4 Å². The van der Waals surface area contributed by atoms with Crippen molar-refractivity contribution in [3.8, 4) is 0 Å². The van der Waals surface area contributed by atoms with E-state index in [1.165, 1.54) is 70.5 Å². The van der Waals surface area contributed by atoms with Crippen LogP contribution in [0, 0.1) is 29.2 Å². The van der Waals surface area contributed by atoms with E-state index in [1.54, 1.807) is 16.7 Å². The SMILES string of the molecule is Cc1ccc(C2=c3ccc4c(c3CC(C3CCCC3)C2)CC=c2ccccc2=4)cc1. The summed E-state index contributed by atoms with van der Waals surface area (Å²) in [5.41, 5.74) is 7.62. The van der Waals surface area contributed by atoms with Crippen molar-refractivity contribution in [1.82, 2.24) is 0 Å². The Morgan fingerprint density at radius 2 is 1.43 bits per heavy atom. The number of rotatable bonds is 2. The summed E-state index contributed by atoms with van der Waals surface area (Å²) in [6.45, 7) is 2.19. The molecule has 0 aromatic heterocycles. The van der Waals surface area contributed by atoms with Crippen LogP contribution in [0.25, 0.3) is 11.6 Å². The standard InChI is InChI=1S/C30H30/c1-20-10-12-23(13-11-20)29-18-24(21-6-2-3-7-21)19-30-27-15-14-22-8-4-5-9-25(22)26(27)16-17-28(29)30/h4-5,8-14,16-17,21,24H,2-3,6-7,15,18-19H2,1H3. The van der Waals surface area contributed by atoms with Crippen LogP contribution in [-0.4, -0.2) is 0 Å². The Morgan fingerprint density at radius 3 is 2.27 bits per heavy atom. The zero-order chi connectivity index (χ0) is 20.1. The van der Waals surface area contributed by atoms with Crippen molar-refractivity contribution in [2.75, 3.05) is 0 Å². The van der Waals surface area contributed by atoms with Crippen molar-refractivity contribution in [3.63, 3.8) is 0 Å². The molecule has 3 aliphatic carbocycles. The molecule has 0 radical (unpaired) electrons. The van der Waals surface area contributed by atoms with Gasteiger partial charge in [-0.25, -0.2) is 0 Å². The molecule has 0 heterocycles. The first-order valence-corrected chi connectivity index (χ1v) is 11.8. The predicted molar refractivity (Wildman–Crippen MR) is 125 cm³/mol. The Balaban J connectivity index is 1.62. The lowest BCUT2D eigenvalue weighted by atomic mass is 9.73. The maximum absolute atomic E-state index is 2.45. The molecule has 30 heavy (non-hydrogen) atoms. The highest BCUT2D eigenvalue weighted by molar-refractivity contribution is 5.69. The van der Waals surface area contributed by atoms with Gasteiger partial charge in [0, 0.05) is 0 Å². The van der Waals surface area contributed by atoms with Crippen molar-refractivity contribution < 1.29 is 0 Å². The quantitative estimate of drug-likeness (QED) is 0.537. The Hall–Kier alpha value is -2.60. The van der Waals surface area contributed by atoms with Gasteiger partial charge in [0.05, 0.1) is 0 Å². The maximum atomic E-state index is 2.45. The molecule has 0 spiro atoms. The third-order valence-electron chi connectivity index (χ3n) is 7.93. The van der Waals surface area contributed by atoms with Gasteiger partial charge in [0.15, 0.2) is 0 Å². The lowest BCUT2D eigenvalue weighted by Crippen LogP contribution is -2.30. The normalized spacial score (nSPS) is 20.3. The Morgan fingerprint density at radius 1 is 0.667 bits per heavy atom. The van der Waals surface area contributed by atoms with Crippen LogP contribution in [0.2, 0.25) is 0 Å². The van der Waals surface area contributed by atoms with E-state index in [9.17, 15) is 0 Å². The van der Waals surface area contributed by atoms with Gasteiger partial charge in [0.25, 0.3) is 0 Å². The molecule has 1 fully saturated rings. The minimum atomic E-state index is 0.806. The third-order valence-corrected chi connectivity index (χ3v) is 7.93. The molecule has 1 atom stereocenters. The Kier molecular flexibility index (Phi) is 4.41. The summed E-state index contributed by atoms with van der Waals surface area (Å²) in [5, 5.41) is 5.82. The molecule has 0 amide bonds. The number of aryl methyl sites for hydroxylation is 1. The predicted octanol–water partition coefficient (Wildman–Crippen LogP) is 5.57. The molecule has 0 nitrogen and oxygen atoms in total. The first kappa shape index (κ1) is 18.2. The molecule has 150 valence electrons. The van der Waals surface area contributed by atoms with Crippen LogP contribution in [-0.2, 0) is 12.8 Å². The van der Waals surface area contributed by atoms with Crippen LogP contribution >= 0.6 is 0 Å². The summed E-state index contributed by atoms with van der Waals surface area (Å²) in [5.74, 6) is 1.72. The van der Waals surface area contributed by atoms with Gasteiger partial charge in [-0.1, -0.05) is 98.0 Å². The fraction of sp³-hybridized carbons (Fsp3) is 0.333. The average Bonchev–Trinajstić information content (AvgIpc) is 3.33. The van der Waals surface area contributed by atoms with Crippen LogP contribution in [0.3, 0.4) is 0 Å². The molecule has 3 aromatic carbocycles. The van der Waals surface area contributed by atoms with Gasteiger partial charge in [-0.05, 0) is 81.2 Å². The van der Waals surface area contributed by atoms with Crippen LogP contribution in [0.4, 0.5) is 0 Å². The van der Waals surface area contributed by atoms with Crippen molar-refractivity contribution in [3.05, 3.63) is 104 Å². The van der Waals surface area contributed by atoms with Gasteiger partial charge in [-0.15, -0.1) is 0 Å². The van der Waals surface area contributed by atoms with E-state index in [0.29, 0.717) is 0 Å². The number of hydrogen-bond donors (Lipinski definition) is 0. The van der Waals surface area contributed by atoms with Gasteiger partial charge in [0.2, 0.25) is 0 Å². The summed E-state index contributed by atoms with van der Waals surface area (Å²) in [6.07, 6.45) is 11.8. The van der Waals surface area contributed by atoms with E-state index in [0.717, 1.165) is 18.3 Å². The smallest absolute Gasteiger partial charge is 0.00791 e. The van der Waals surface area contributed by atoms with E-state index in [2.05, 4.69) is 73.7 Å². The van der Waals surface area contributed by atoms with E-state index >= 15 is 0 Å². The monoisotopic (exact) mass is 390 g/mol. The summed E-state index contributed by atoms with van der Waals surface area (Å²) in [6, 6.07) is 23.0. The topological polar surface area (TPSA) is 0 Å². The van der Waals surface area contributed by atoms with Gasteiger partial charge in [-0.2, -0.15) is 0 Å². The first-order valence-electron chi connectivity index (χ1n) is 11.8. The fourth-order valence-corrected chi connectivity index (χ4v) is 6.32. The lowest BCUT2D eigenvalue weighted by Gasteiger charge is -2.31. The second-order valence-corrected chi connectivity index (χ2v) is 9.67. The minimum Gasteiger partial charge on any atom is -0.0722 e. The molecule has 0 saturated heterocycles. The number of benzene rings is 3. The molecule has 3 aromatic rings. The summed E-state index contributed by atoms with van der Waals surface area (Å²) in [7, 11) is 0. The van der Waals surface area contributed by atoms with Gasteiger partial charge < -0.3 is 0 Å². The maximum Gasteiger partial charge on any atom is -0.00791 e. The molecule has 0 bridgehead atoms. The number of fused-ring (bicyclic) bond motifs is 4. The zero-order valence-corrected chi connectivity index (χ0v) is 18.0. The summed E-state index contributed by atoms with van der Waals surface area (Å²) < 4.78 is 0. The van der Waals surface area contributed by atoms with Crippen LogP contribution in [0.5, 0.6) is 0 Å². The molecule has 3 aliphatic rings. The molecule has 1 unspecified atom stereocenters. The van der Waals surface area contributed by atoms with Gasteiger partial charge in [0.1, 0.15) is 0 Å². The molecular formula is C30H30. The molecule has 1 saturated carbocycles. The Bertz CT molecular complexity index is 1320. The van der Waals surface area contributed by atoms with Crippen LogP contribution in [0.15, 0.2) is 60.7 Å². The molecule has 6 rings (SSSR count). The van der Waals surface area contributed by atoms with E-state index in [4.69, 9.17) is 0 Å². The number of hydrogen-bond acceptors (Lipinski definition) is 0. The highest BCUT2D eigenvalue weighted by Gasteiger charge is 2.30. The second-order valence-electron chi connectivity index (χ2n) is 9.67. The molecule has 0 N–H and O–H groups in total. The summed E-state index contributed by atoms with van der Waals surface area (Å²) in [4.78, 5) is 0. The van der Waals surface area contributed by atoms with Gasteiger partial charge in [-0.3, -0.25) is 0 Å².